The van der Waals surface area contributed by atoms with E-state index in [-0.39, 0.29) is 0 Å². The Bertz CT molecular complexity index is 272. The summed E-state index contributed by atoms with van der Waals surface area (Å²) in [5.41, 5.74) is 0. The first-order chi connectivity index (χ1) is 8.28. The van der Waals surface area contributed by atoms with Crippen molar-refractivity contribution in [2.75, 3.05) is 39.8 Å². The molecule has 2 aliphatic heterocycles. The van der Waals surface area contributed by atoms with Crippen LogP contribution in [0.5, 0.6) is 0 Å². The van der Waals surface area contributed by atoms with Crippen molar-refractivity contribution in [1.82, 2.24) is 10.2 Å². The van der Waals surface area contributed by atoms with Crippen LogP contribution in [0.1, 0.15) is 19.8 Å². The summed E-state index contributed by atoms with van der Waals surface area (Å²) in [5.74, 6) is 0. The maximum absolute atomic E-state index is 5.71. The van der Waals surface area contributed by atoms with Gasteiger partial charge in [-0.2, -0.15) is 0 Å². The fourth-order valence-corrected chi connectivity index (χ4v) is 3.31. The number of likely N-dealkylation sites (N-methyl/N-ethyl adjacent to an activating group) is 1. The molecule has 0 bridgehead atoms. The molecule has 0 aliphatic carbocycles. The van der Waals surface area contributed by atoms with Crippen LogP contribution in [0.4, 0.5) is 0 Å². The molecule has 5 heteroatoms. The van der Waals surface area contributed by atoms with E-state index in [0.29, 0.717) is 11.4 Å². The smallest absolute Gasteiger partial charge is 0.157 e. The van der Waals surface area contributed by atoms with Crippen molar-refractivity contribution in [3.05, 3.63) is 0 Å². The summed E-state index contributed by atoms with van der Waals surface area (Å²) in [6, 6.07) is 0. The van der Waals surface area contributed by atoms with Crippen LogP contribution in [-0.2, 0) is 4.74 Å². The van der Waals surface area contributed by atoms with E-state index in [4.69, 9.17) is 4.74 Å². The molecule has 2 aliphatic rings. The van der Waals surface area contributed by atoms with E-state index in [1.165, 1.54) is 12.8 Å². The van der Waals surface area contributed by atoms with E-state index in [2.05, 4.69) is 29.2 Å². The minimum absolute atomic E-state index is 0.308. The summed E-state index contributed by atoms with van der Waals surface area (Å²) in [4.78, 5) is 6.86. The predicted octanol–water partition coefficient (Wildman–Crippen LogP) is 1.18. The van der Waals surface area contributed by atoms with Gasteiger partial charge in [0.15, 0.2) is 5.17 Å². The van der Waals surface area contributed by atoms with Crippen LogP contribution in [-0.4, -0.2) is 61.3 Å². The lowest BCUT2D eigenvalue weighted by atomic mass is 10.2. The molecule has 2 unspecified atom stereocenters. The van der Waals surface area contributed by atoms with Gasteiger partial charge in [-0.15, -0.1) is 0 Å². The molecule has 0 radical (unpaired) electrons. The lowest BCUT2D eigenvalue weighted by Crippen LogP contribution is -2.45. The number of nitrogens with zero attached hydrogens (tertiary/aromatic N) is 2. The second-order valence-electron chi connectivity index (χ2n) is 4.81. The number of aliphatic imine (C=N–C) groups is 1. The van der Waals surface area contributed by atoms with Crippen LogP contribution in [0.25, 0.3) is 0 Å². The van der Waals surface area contributed by atoms with Gasteiger partial charge < -0.3 is 15.0 Å². The molecule has 1 saturated heterocycles. The normalized spacial score (nSPS) is 30.4. The number of rotatable bonds is 4. The van der Waals surface area contributed by atoms with Crippen molar-refractivity contribution in [2.24, 2.45) is 4.99 Å². The highest BCUT2D eigenvalue weighted by atomic mass is 32.2. The molecule has 0 saturated carbocycles. The molecule has 1 fully saturated rings. The van der Waals surface area contributed by atoms with Gasteiger partial charge in [0.1, 0.15) is 0 Å². The zero-order valence-corrected chi connectivity index (χ0v) is 11.6. The Balaban J connectivity index is 1.65. The third-order valence-corrected chi connectivity index (χ3v) is 4.37. The van der Waals surface area contributed by atoms with Crippen LogP contribution in [0.15, 0.2) is 4.99 Å². The Kier molecular flexibility index (Phi) is 5.13. The molecule has 98 valence electrons. The number of ether oxygens (including phenoxy) is 1. The van der Waals surface area contributed by atoms with Gasteiger partial charge in [0.2, 0.25) is 0 Å². The third-order valence-electron chi connectivity index (χ3n) is 3.15. The number of nitrogens with one attached hydrogen (secondary N) is 1. The highest BCUT2D eigenvalue weighted by Crippen LogP contribution is 2.23. The third kappa shape index (κ3) is 4.16. The van der Waals surface area contributed by atoms with Gasteiger partial charge in [0.25, 0.3) is 0 Å². The topological polar surface area (TPSA) is 36.9 Å². The summed E-state index contributed by atoms with van der Waals surface area (Å²) in [7, 11) is 2.15. The standard InChI is InChI=1S/C12H23N3OS/c1-3-4-11-8-14-12(17-11)13-7-10-9-15(2)5-6-16-10/h10-11H,3-9H2,1-2H3,(H,13,14). The van der Waals surface area contributed by atoms with Crippen LogP contribution in [0, 0.1) is 0 Å². The molecule has 2 rings (SSSR count). The summed E-state index contributed by atoms with van der Waals surface area (Å²) in [6.07, 6.45) is 2.82. The lowest BCUT2D eigenvalue weighted by Gasteiger charge is -2.30. The number of amidine groups is 1. The number of hydrogen-bond donors (Lipinski definition) is 1. The van der Waals surface area contributed by atoms with E-state index >= 15 is 0 Å². The zero-order valence-electron chi connectivity index (χ0n) is 10.8. The monoisotopic (exact) mass is 257 g/mol. The van der Waals surface area contributed by atoms with E-state index in [9.17, 15) is 0 Å². The van der Waals surface area contributed by atoms with Crippen molar-refractivity contribution in [3.8, 4) is 0 Å². The summed E-state index contributed by atoms with van der Waals surface area (Å²) in [5, 5.41) is 5.22. The van der Waals surface area contributed by atoms with Gasteiger partial charge in [-0.25, -0.2) is 0 Å². The van der Waals surface area contributed by atoms with E-state index in [1.807, 2.05) is 11.8 Å². The Labute approximate surface area is 108 Å². The second-order valence-corrected chi connectivity index (χ2v) is 6.10. The largest absolute Gasteiger partial charge is 0.374 e. The van der Waals surface area contributed by atoms with E-state index < -0.39 is 0 Å². The molecule has 0 amide bonds. The first-order valence-corrected chi connectivity index (χ1v) is 7.41. The first-order valence-electron chi connectivity index (χ1n) is 6.53. The van der Waals surface area contributed by atoms with Crippen LogP contribution in [0.2, 0.25) is 0 Å². The van der Waals surface area contributed by atoms with Gasteiger partial charge >= 0.3 is 0 Å². The number of hydrogen-bond acceptors (Lipinski definition) is 5. The molecule has 17 heavy (non-hydrogen) atoms. The van der Waals surface area contributed by atoms with Crippen molar-refractivity contribution >= 4 is 16.9 Å². The van der Waals surface area contributed by atoms with Crippen molar-refractivity contribution in [3.63, 3.8) is 0 Å². The lowest BCUT2D eigenvalue weighted by molar-refractivity contribution is -0.0159. The summed E-state index contributed by atoms with van der Waals surface area (Å²) < 4.78 is 5.71. The molecule has 2 atom stereocenters. The predicted molar refractivity (Wildman–Crippen MR) is 73.8 cm³/mol. The molecular formula is C12H23N3OS. The molecule has 0 aromatic carbocycles. The second kappa shape index (κ2) is 6.61. The fourth-order valence-electron chi connectivity index (χ4n) is 2.18. The average Bonchev–Trinajstić information content (AvgIpc) is 2.75. The van der Waals surface area contributed by atoms with E-state index in [1.54, 1.807) is 0 Å². The van der Waals surface area contributed by atoms with Crippen molar-refractivity contribution < 1.29 is 4.74 Å². The molecule has 0 aromatic rings. The molecule has 1 N–H and O–H groups in total. The summed E-state index contributed by atoms with van der Waals surface area (Å²) in [6.45, 7) is 7.01. The molecule has 2 heterocycles. The molecular weight excluding hydrogens is 234 g/mol. The molecule has 0 spiro atoms. The quantitative estimate of drug-likeness (QED) is 0.820. The van der Waals surface area contributed by atoms with Gasteiger partial charge in [-0.05, 0) is 13.5 Å². The number of thioether (sulfide) groups is 1. The fraction of sp³-hybridized carbons (Fsp3) is 0.917. The average molecular weight is 257 g/mol. The Morgan fingerprint density at radius 1 is 1.59 bits per heavy atom. The maximum Gasteiger partial charge on any atom is 0.157 e. The Hall–Kier alpha value is -0.260. The summed E-state index contributed by atoms with van der Waals surface area (Å²) >= 11 is 1.89. The maximum atomic E-state index is 5.71. The Morgan fingerprint density at radius 2 is 2.47 bits per heavy atom. The van der Waals surface area contributed by atoms with Crippen LogP contribution < -0.4 is 5.32 Å². The number of morpholine rings is 1. The molecule has 4 nitrogen and oxygen atoms in total. The highest BCUT2D eigenvalue weighted by molar-refractivity contribution is 8.14. The zero-order chi connectivity index (χ0) is 12.1. The van der Waals surface area contributed by atoms with E-state index in [0.717, 1.165) is 38.0 Å². The SMILES string of the molecule is CCCC1CN=C(NCC2CN(C)CCO2)S1. The van der Waals surface area contributed by atoms with Gasteiger partial charge in [-0.1, -0.05) is 25.1 Å². The molecule has 0 aromatic heterocycles. The minimum Gasteiger partial charge on any atom is -0.374 e. The van der Waals surface area contributed by atoms with Gasteiger partial charge in [-0.3, -0.25) is 4.99 Å². The van der Waals surface area contributed by atoms with Crippen molar-refractivity contribution in [1.29, 1.82) is 0 Å². The Morgan fingerprint density at radius 3 is 3.24 bits per heavy atom. The first kappa shape index (κ1) is 13.2. The highest BCUT2D eigenvalue weighted by Gasteiger charge is 2.21. The van der Waals surface area contributed by atoms with Crippen molar-refractivity contribution in [2.45, 2.75) is 31.1 Å². The van der Waals surface area contributed by atoms with Gasteiger partial charge in [0, 0.05) is 24.9 Å². The minimum atomic E-state index is 0.308. The van der Waals surface area contributed by atoms with Crippen LogP contribution in [0.3, 0.4) is 0 Å². The van der Waals surface area contributed by atoms with Crippen LogP contribution >= 0.6 is 11.8 Å². The van der Waals surface area contributed by atoms with Gasteiger partial charge in [0.05, 0.1) is 19.3 Å².